The van der Waals surface area contributed by atoms with E-state index in [-0.39, 0.29) is 0 Å². The van der Waals surface area contributed by atoms with Crippen LogP contribution in [-0.2, 0) is 4.74 Å². The van der Waals surface area contributed by atoms with Crippen LogP contribution in [0, 0.1) is 0 Å². The Morgan fingerprint density at radius 1 is 1.26 bits per heavy atom. The van der Waals surface area contributed by atoms with Crippen LogP contribution >= 0.6 is 0 Å². The van der Waals surface area contributed by atoms with E-state index in [1.165, 1.54) is 0 Å². The lowest BCUT2D eigenvalue weighted by Crippen LogP contribution is -2.13. The van der Waals surface area contributed by atoms with Crippen LogP contribution < -0.4 is 10.6 Å². The molecule has 0 aliphatic rings. The lowest BCUT2D eigenvalue weighted by atomic mass is 10.4. The topological polar surface area (TPSA) is 89.8 Å². The van der Waals surface area contributed by atoms with Crippen LogP contribution in [0.3, 0.4) is 0 Å². The van der Waals surface area contributed by atoms with Gasteiger partial charge in [0, 0.05) is 39.7 Å². The molecule has 0 unspecified atom stereocenters. The van der Waals surface area contributed by atoms with Crippen molar-refractivity contribution in [1.82, 2.24) is 24.7 Å². The number of ether oxygens (including phenoxy) is 1. The Hall–Kier alpha value is -2.22. The molecule has 0 saturated carbocycles. The van der Waals surface area contributed by atoms with Gasteiger partial charge in [0.25, 0.3) is 5.95 Å². The highest BCUT2D eigenvalue weighted by Gasteiger charge is 2.07. The molecule has 2 heterocycles. The second kappa shape index (κ2) is 6.64. The lowest BCUT2D eigenvalue weighted by molar-refractivity contribution is 0.197. The van der Waals surface area contributed by atoms with Crippen molar-refractivity contribution in [2.24, 2.45) is 0 Å². The smallest absolute Gasteiger partial charge is 0.257 e. The van der Waals surface area contributed by atoms with Crippen LogP contribution in [-0.4, -0.2) is 52.0 Å². The first-order chi connectivity index (χ1) is 9.33. The number of anilines is 2. The van der Waals surface area contributed by atoms with E-state index in [9.17, 15) is 0 Å². The van der Waals surface area contributed by atoms with Crippen LogP contribution in [0.15, 0.2) is 18.5 Å². The largest absolute Gasteiger partial charge is 0.385 e. The van der Waals surface area contributed by atoms with Gasteiger partial charge in [-0.05, 0) is 12.5 Å². The molecule has 0 radical (unpaired) electrons. The molecule has 0 aliphatic carbocycles. The van der Waals surface area contributed by atoms with E-state index in [2.05, 4.69) is 30.7 Å². The zero-order valence-electron chi connectivity index (χ0n) is 11.0. The van der Waals surface area contributed by atoms with Crippen molar-refractivity contribution in [2.75, 3.05) is 37.9 Å². The maximum Gasteiger partial charge on any atom is 0.257 e. The molecule has 8 heteroatoms. The second-order valence-electron chi connectivity index (χ2n) is 3.76. The van der Waals surface area contributed by atoms with Crippen LogP contribution in [0.1, 0.15) is 6.42 Å². The predicted molar refractivity (Wildman–Crippen MR) is 71.5 cm³/mol. The summed E-state index contributed by atoms with van der Waals surface area (Å²) in [7, 11) is 3.44. The van der Waals surface area contributed by atoms with Gasteiger partial charge >= 0.3 is 0 Å². The average Bonchev–Trinajstić information content (AvgIpc) is 2.97. The quantitative estimate of drug-likeness (QED) is 0.705. The molecule has 0 aliphatic heterocycles. The summed E-state index contributed by atoms with van der Waals surface area (Å²) < 4.78 is 6.57. The Morgan fingerprint density at radius 3 is 2.79 bits per heavy atom. The van der Waals surface area contributed by atoms with Gasteiger partial charge in [0.15, 0.2) is 0 Å². The number of rotatable bonds is 7. The molecule has 0 fully saturated rings. The van der Waals surface area contributed by atoms with E-state index in [0.29, 0.717) is 24.5 Å². The van der Waals surface area contributed by atoms with Crippen LogP contribution in [0.25, 0.3) is 5.95 Å². The molecule has 0 spiro atoms. The molecule has 2 N–H and O–H groups in total. The van der Waals surface area contributed by atoms with Gasteiger partial charge < -0.3 is 15.4 Å². The van der Waals surface area contributed by atoms with Crippen LogP contribution in [0.2, 0.25) is 0 Å². The third kappa shape index (κ3) is 3.62. The standard InChI is InChI=1S/C11H17N7O/c1-12-9-15-10(13-5-4-8-19-2)17-11(16-9)18-7-3-6-14-18/h3,6-7H,4-5,8H2,1-2H3,(H2,12,13,15,16,17). The summed E-state index contributed by atoms with van der Waals surface area (Å²) in [4.78, 5) is 12.8. The van der Waals surface area contributed by atoms with Gasteiger partial charge in [-0.25, -0.2) is 4.68 Å². The highest BCUT2D eigenvalue weighted by atomic mass is 16.5. The zero-order chi connectivity index (χ0) is 13.5. The summed E-state index contributed by atoms with van der Waals surface area (Å²) in [5.41, 5.74) is 0. The van der Waals surface area contributed by atoms with Gasteiger partial charge in [-0.2, -0.15) is 20.1 Å². The monoisotopic (exact) mass is 263 g/mol. The molecule has 2 aromatic heterocycles. The Morgan fingerprint density at radius 2 is 2.11 bits per heavy atom. The van der Waals surface area contributed by atoms with E-state index in [0.717, 1.165) is 13.0 Å². The second-order valence-corrected chi connectivity index (χ2v) is 3.76. The summed E-state index contributed by atoms with van der Waals surface area (Å²) >= 11 is 0. The van der Waals surface area contributed by atoms with Crippen LogP contribution in [0.5, 0.6) is 0 Å². The SMILES string of the molecule is CNc1nc(NCCCOC)nc(-n2cccn2)n1. The summed E-state index contributed by atoms with van der Waals surface area (Å²) in [6.07, 6.45) is 4.34. The number of hydrogen-bond acceptors (Lipinski definition) is 7. The molecule has 0 atom stereocenters. The van der Waals surface area contributed by atoms with Gasteiger partial charge in [0.05, 0.1) is 0 Å². The maximum absolute atomic E-state index is 4.99. The first-order valence-corrected chi connectivity index (χ1v) is 6.00. The summed E-state index contributed by atoms with van der Waals surface area (Å²) in [6, 6.07) is 1.81. The first-order valence-electron chi connectivity index (χ1n) is 6.00. The highest BCUT2D eigenvalue weighted by molar-refractivity contribution is 5.37. The Kier molecular flexibility index (Phi) is 4.62. The summed E-state index contributed by atoms with van der Waals surface area (Å²) in [5, 5.41) is 10.1. The van der Waals surface area contributed by atoms with Gasteiger partial charge in [0.2, 0.25) is 11.9 Å². The third-order valence-electron chi connectivity index (χ3n) is 2.36. The lowest BCUT2D eigenvalue weighted by Gasteiger charge is -2.08. The molecule has 0 aromatic carbocycles. The fraction of sp³-hybridized carbons (Fsp3) is 0.455. The molecule has 2 aromatic rings. The molecule has 0 amide bonds. The summed E-state index contributed by atoms with van der Waals surface area (Å²) in [5.74, 6) is 1.48. The van der Waals surface area contributed by atoms with Crippen molar-refractivity contribution >= 4 is 11.9 Å². The molecule has 0 bridgehead atoms. The Bertz CT molecular complexity index is 500. The van der Waals surface area contributed by atoms with Crippen molar-refractivity contribution < 1.29 is 4.74 Å². The molecule has 0 saturated heterocycles. The fourth-order valence-electron chi connectivity index (χ4n) is 1.46. The fourth-order valence-corrected chi connectivity index (χ4v) is 1.46. The van der Waals surface area contributed by atoms with Crippen molar-refractivity contribution in [3.8, 4) is 5.95 Å². The highest BCUT2D eigenvalue weighted by Crippen LogP contribution is 2.08. The Labute approximate surface area is 111 Å². The van der Waals surface area contributed by atoms with E-state index >= 15 is 0 Å². The van der Waals surface area contributed by atoms with Gasteiger partial charge in [-0.3, -0.25) is 0 Å². The van der Waals surface area contributed by atoms with E-state index in [4.69, 9.17) is 4.74 Å². The average molecular weight is 263 g/mol. The van der Waals surface area contributed by atoms with E-state index in [1.54, 1.807) is 31.2 Å². The minimum atomic E-state index is 0.471. The molecular formula is C11H17N7O. The number of aromatic nitrogens is 5. The Balaban J connectivity index is 2.12. The van der Waals surface area contributed by atoms with E-state index in [1.807, 2.05) is 6.07 Å². The number of hydrogen-bond donors (Lipinski definition) is 2. The predicted octanol–water partition coefficient (Wildman–Crippen LogP) is 0.547. The number of methoxy groups -OCH3 is 1. The molecule has 2 rings (SSSR count). The molecule has 102 valence electrons. The minimum absolute atomic E-state index is 0.471. The van der Waals surface area contributed by atoms with Crippen molar-refractivity contribution in [2.45, 2.75) is 6.42 Å². The van der Waals surface area contributed by atoms with E-state index < -0.39 is 0 Å². The van der Waals surface area contributed by atoms with Crippen molar-refractivity contribution in [3.63, 3.8) is 0 Å². The third-order valence-corrected chi connectivity index (χ3v) is 2.36. The van der Waals surface area contributed by atoms with Crippen LogP contribution in [0.4, 0.5) is 11.9 Å². The first kappa shape index (κ1) is 13.2. The number of nitrogens with zero attached hydrogens (tertiary/aromatic N) is 5. The normalized spacial score (nSPS) is 10.4. The zero-order valence-corrected chi connectivity index (χ0v) is 11.0. The molecular weight excluding hydrogens is 246 g/mol. The number of nitrogens with one attached hydrogen (secondary N) is 2. The minimum Gasteiger partial charge on any atom is -0.385 e. The molecule has 19 heavy (non-hydrogen) atoms. The maximum atomic E-state index is 4.99. The molecule has 8 nitrogen and oxygen atoms in total. The van der Waals surface area contributed by atoms with Crippen molar-refractivity contribution in [1.29, 1.82) is 0 Å². The summed E-state index contributed by atoms with van der Waals surface area (Å²) in [6.45, 7) is 1.43. The van der Waals surface area contributed by atoms with Gasteiger partial charge in [-0.1, -0.05) is 0 Å². The van der Waals surface area contributed by atoms with Gasteiger partial charge in [-0.15, -0.1) is 0 Å². The van der Waals surface area contributed by atoms with Crippen molar-refractivity contribution in [3.05, 3.63) is 18.5 Å². The van der Waals surface area contributed by atoms with Gasteiger partial charge in [0.1, 0.15) is 0 Å².